The fourth-order valence-corrected chi connectivity index (χ4v) is 2.53. The summed E-state index contributed by atoms with van der Waals surface area (Å²) in [6, 6.07) is 2.02. The molecule has 2 aromatic heterocycles. The summed E-state index contributed by atoms with van der Waals surface area (Å²) in [5, 5.41) is 0. The van der Waals surface area contributed by atoms with Gasteiger partial charge in [0.15, 0.2) is 0 Å². The highest BCUT2D eigenvalue weighted by atomic mass is 35.5. The minimum Gasteiger partial charge on any atom is -0.327 e. The van der Waals surface area contributed by atoms with E-state index < -0.39 is 0 Å². The van der Waals surface area contributed by atoms with Crippen molar-refractivity contribution in [1.82, 2.24) is 14.5 Å². The fourth-order valence-electron chi connectivity index (χ4n) is 2.33. The standard InChI is InChI=1S/C13H16ClN3/c14-8-13-16-11-9-15-6-5-12(11)17(13)7-1-2-10-3-4-10/h5-6,9-10H,1-4,7-8H2. The lowest BCUT2D eigenvalue weighted by Crippen LogP contribution is -2.02. The second-order valence-corrected chi connectivity index (χ2v) is 5.03. The molecule has 1 aliphatic carbocycles. The molecule has 0 N–H and O–H groups in total. The summed E-state index contributed by atoms with van der Waals surface area (Å²) >= 11 is 5.95. The van der Waals surface area contributed by atoms with Crippen molar-refractivity contribution in [2.75, 3.05) is 0 Å². The zero-order valence-electron chi connectivity index (χ0n) is 9.77. The van der Waals surface area contributed by atoms with Crippen LogP contribution in [0.1, 0.15) is 31.5 Å². The Bertz CT molecular complexity index is 516. The number of pyridine rings is 1. The van der Waals surface area contributed by atoms with Crippen molar-refractivity contribution in [1.29, 1.82) is 0 Å². The Hall–Kier alpha value is -1.09. The molecular weight excluding hydrogens is 234 g/mol. The Morgan fingerprint density at radius 3 is 3.06 bits per heavy atom. The molecular formula is C13H16ClN3. The van der Waals surface area contributed by atoms with Crippen molar-refractivity contribution in [3.8, 4) is 0 Å². The number of halogens is 1. The lowest BCUT2D eigenvalue weighted by Gasteiger charge is -2.06. The lowest BCUT2D eigenvalue weighted by molar-refractivity contribution is 0.576. The molecule has 0 aliphatic heterocycles. The van der Waals surface area contributed by atoms with Gasteiger partial charge in [-0.25, -0.2) is 4.98 Å². The highest BCUT2D eigenvalue weighted by Gasteiger charge is 2.20. The first-order chi connectivity index (χ1) is 8.38. The second kappa shape index (κ2) is 4.65. The maximum Gasteiger partial charge on any atom is 0.124 e. The molecule has 0 saturated heterocycles. The average Bonchev–Trinajstić information content (AvgIpc) is 3.11. The Balaban J connectivity index is 1.83. The van der Waals surface area contributed by atoms with Crippen LogP contribution in [-0.2, 0) is 12.4 Å². The molecule has 90 valence electrons. The van der Waals surface area contributed by atoms with Crippen molar-refractivity contribution < 1.29 is 0 Å². The SMILES string of the molecule is ClCc1nc2cnccc2n1CCCC1CC1. The van der Waals surface area contributed by atoms with Crippen molar-refractivity contribution in [2.45, 2.75) is 38.1 Å². The van der Waals surface area contributed by atoms with Crippen molar-refractivity contribution in [3.63, 3.8) is 0 Å². The summed E-state index contributed by atoms with van der Waals surface area (Å²) in [7, 11) is 0. The number of nitrogens with zero attached hydrogens (tertiary/aromatic N) is 3. The third kappa shape index (κ3) is 2.29. The van der Waals surface area contributed by atoms with Gasteiger partial charge in [-0.15, -0.1) is 11.6 Å². The van der Waals surface area contributed by atoms with Gasteiger partial charge in [0, 0.05) is 12.7 Å². The molecule has 1 fully saturated rings. The van der Waals surface area contributed by atoms with Crippen LogP contribution in [0.4, 0.5) is 0 Å². The lowest BCUT2D eigenvalue weighted by atomic mass is 10.2. The van der Waals surface area contributed by atoms with E-state index in [2.05, 4.69) is 14.5 Å². The molecule has 2 aromatic rings. The summed E-state index contributed by atoms with van der Waals surface area (Å²) in [4.78, 5) is 8.61. The third-order valence-electron chi connectivity index (χ3n) is 3.44. The van der Waals surface area contributed by atoms with Gasteiger partial charge >= 0.3 is 0 Å². The molecule has 2 heterocycles. The number of aryl methyl sites for hydroxylation is 1. The normalized spacial score (nSPS) is 15.6. The van der Waals surface area contributed by atoms with Crippen molar-refractivity contribution in [3.05, 3.63) is 24.3 Å². The zero-order chi connectivity index (χ0) is 11.7. The molecule has 0 aromatic carbocycles. The summed E-state index contributed by atoms with van der Waals surface area (Å²) < 4.78 is 2.24. The van der Waals surface area contributed by atoms with Crippen LogP contribution in [-0.4, -0.2) is 14.5 Å². The highest BCUT2D eigenvalue weighted by molar-refractivity contribution is 6.16. The Kier molecular flexibility index (Phi) is 3.02. The maximum atomic E-state index is 5.95. The van der Waals surface area contributed by atoms with E-state index >= 15 is 0 Å². The molecule has 3 rings (SSSR count). The van der Waals surface area contributed by atoms with E-state index in [4.69, 9.17) is 11.6 Å². The van der Waals surface area contributed by atoms with E-state index in [1.165, 1.54) is 25.7 Å². The molecule has 1 aliphatic rings. The van der Waals surface area contributed by atoms with Crippen LogP contribution >= 0.6 is 11.6 Å². The Labute approximate surface area is 106 Å². The van der Waals surface area contributed by atoms with Crippen LogP contribution < -0.4 is 0 Å². The zero-order valence-corrected chi connectivity index (χ0v) is 10.5. The average molecular weight is 250 g/mol. The van der Waals surface area contributed by atoms with E-state index in [1.54, 1.807) is 0 Å². The third-order valence-corrected chi connectivity index (χ3v) is 3.68. The van der Waals surface area contributed by atoms with Gasteiger partial charge in [0.2, 0.25) is 0 Å². The molecule has 0 unspecified atom stereocenters. The van der Waals surface area contributed by atoms with Crippen LogP contribution in [0.5, 0.6) is 0 Å². The molecule has 0 atom stereocenters. The summed E-state index contributed by atoms with van der Waals surface area (Å²) in [6.07, 6.45) is 9.05. The predicted octanol–water partition coefficient (Wildman–Crippen LogP) is 3.36. The van der Waals surface area contributed by atoms with Crippen LogP contribution in [0.25, 0.3) is 11.0 Å². The van der Waals surface area contributed by atoms with Gasteiger partial charge < -0.3 is 4.57 Å². The summed E-state index contributed by atoms with van der Waals surface area (Å²) in [5.41, 5.74) is 2.11. The van der Waals surface area contributed by atoms with Crippen LogP contribution in [0.2, 0.25) is 0 Å². The van der Waals surface area contributed by atoms with Gasteiger partial charge in [-0.05, 0) is 24.8 Å². The number of hydrogen-bond donors (Lipinski definition) is 0. The summed E-state index contributed by atoms with van der Waals surface area (Å²) in [6.45, 7) is 1.03. The van der Waals surface area contributed by atoms with Gasteiger partial charge in [0.25, 0.3) is 0 Å². The second-order valence-electron chi connectivity index (χ2n) is 4.76. The Morgan fingerprint density at radius 1 is 1.41 bits per heavy atom. The topological polar surface area (TPSA) is 30.7 Å². The number of fused-ring (bicyclic) bond motifs is 1. The van der Waals surface area contributed by atoms with E-state index in [-0.39, 0.29) is 0 Å². The number of rotatable bonds is 5. The van der Waals surface area contributed by atoms with Gasteiger partial charge in [0.05, 0.1) is 17.6 Å². The van der Waals surface area contributed by atoms with Crippen LogP contribution in [0.3, 0.4) is 0 Å². The van der Waals surface area contributed by atoms with E-state index in [9.17, 15) is 0 Å². The fraction of sp³-hybridized carbons (Fsp3) is 0.538. The van der Waals surface area contributed by atoms with Crippen LogP contribution in [0, 0.1) is 5.92 Å². The molecule has 1 saturated carbocycles. The first kappa shape index (κ1) is 11.0. The maximum absolute atomic E-state index is 5.95. The van der Waals surface area contributed by atoms with E-state index in [0.717, 1.165) is 29.3 Å². The first-order valence-corrected chi connectivity index (χ1v) is 6.77. The largest absolute Gasteiger partial charge is 0.327 e. The van der Waals surface area contributed by atoms with Gasteiger partial charge in [-0.2, -0.15) is 0 Å². The van der Waals surface area contributed by atoms with E-state index in [1.807, 2.05) is 18.5 Å². The van der Waals surface area contributed by atoms with Gasteiger partial charge in [0.1, 0.15) is 11.3 Å². The minimum absolute atomic E-state index is 0.470. The van der Waals surface area contributed by atoms with Crippen molar-refractivity contribution in [2.24, 2.45) is 5.92 Å². The smallest absolute Gasteiger partial charge is 0.124 e. The van der Waals surface area contributed by atoms with Gasteiger partial charge in [-0.1, -0.05) is 12.8 Å². The van der Waals surface area contributed by atoms with Crippen LogP contribution in [0.15, 0.2) is 18.5 Å². The Morgan fingerprint density at radius 2 is 2.29 bits per heavy atom. The van der Waals surface area contributed by atoms with Crippen molar-refractivity contribution >= 4 is 22.6 Å². The van der Waals surface area contributed by atoms with Gasteiger partial charge in [-0.3, -0.25) is 4.98 Å². The molecule has 0 bridgehead atoms. The monoisotopic (exact) mass is 249 g/mol. The molecule has 4 heteroatoms. The molecule has 0 radical (unpaired) electrons. The van der Waals surface area contributed by atoms with E-state index in [0.29, 0.717) is 5.88 Å². The first-order valence-electron chi connectivity index (χ1n) is 6.23. The molecule has 0 spiro atoms. The number of imidazole rings is 1. The molecule has 17 heavy (non-hydrogen) atoms. The number of alkyl halides is 1. The minimum atomic E-state index is 0.470. The number of hydrogen-bond acceptors (Lipinski definition) is 2. The quantitative estimate of drug-likeness (QED) is 0.761. The number of aromatic nitrogens is 3. The molecule has 0 amide bonds. The molecule has 3 nitrogen and oxygen atoms in total. The summed E-state index contributed by atoms with van der Waals surface area (Å²) in [5.74, 6) is 2.43. The highest BCUT2D eigenvalue weighted by Crippen LogP contribution is 2.33. The predicted molar refractivity (Wildman–Crippen MR) is 69.0 cm³/mol.